The lowest BCUT2D eigenvalue weighted by atomic mass is 10.0. The largest absolute Gasteiger partial charge is 0.497 e. The number of nitrogens with one attached hydrogen (secondary N) is 3. The molecule has 0 aromatic heterocycles. The maximum absolute atomic E-state index is 5.54. The van der Waals surface area contributed by atoms with Gasteiger partial charge in [0.25, 0.3) is 0 Å². The van der Waals surface area contributed by atoms with Crippen LogP contribution in [0.2, 0.25) is 0 Å². The van der Waals surface area contributed by atoms with E-state index in [0.717, 1.165) is 57.6 Å². The molecule has 1 atom stereocenters. The molecule has 3 N–H and O–H groups in total. The Kier molecular flexibility index (Phi) is 9.02. The Morgan fingerprint density at radius 2 is 1.82 bits per heavy atom. The molecule has 1 aromatic carbocycles. The molecule has 1 fully saturated rings. The monoisotopic (exact) mass is 391 g/mol. The van der Waals surface area contributed by atoms with Crippen LogP contribution in [0.5, 0.6) is 5.75 Å². The number of methoxy groups -OCH3 is 1. The first-order chi connectivity index (χ1) is 13.4. The van der Waals surface area contributed by atoms with E-state index in [2.05, 4.69) is 58.7 Å². The zero-order valence-corrected chi connectivity index (χ0v) is 18.0. The van der Waals surface area contributed by atoms with Crippen molar-refractivity contribution in [1.82, 2.24) is 20.9 Å². The second-order valence-electron chi connectivity index (χ2n) is 7.99. The Hall–Kier alpha value is -1.83. The SMILES string of the molecule is CN=C(NCCNC(C)(C)C)NCC(c1ccc(OC)cc1)N1CCOCC1. The Morgan fingerprint density at radius 1 is 1.14 bits per heavy atom. The van der Waals surface area contributed by atoms with Gasteiger partial charge in [-0.2, -0.15) is 0 Å². The topological polar surface area (TPSA) is 70.2 Å². The number of benzene rings is 1. The van der Waals surface area contributed by atoms with E-state index in [1.54, 1.807) is 7.11 Å². The van der Waals surface area contributed by atoms with Crippen LogP contribution in [0.25, 0.3) is 0 Å². The molecule has 1 aliphatic rings. The zero-order chi connectivity index (χ0) is 20.4. The van der Waals surface area contributed by atoms with Crippen molar-refractivity contribution in [3.8, 4) is 5.75 Å². The molecule has 1 aromatic rings. The molecule has 0 saturated carbocycles. The highest BCUT2D eigenvalue weighted by Crippen LogP contribution is 2.23. The van der Waals surface area contributed by atoms with Crippen molar-refractivity contribution in [2.24, 2.45) is 4.99 Å². The smallest absolute Gasteiger partial charge is 0.191 e. The number of ether oxygens (including phenoxy) is 2. The number of nitrogens with zero attached hydrogens (tertiary/aromatic N) is 2. The minimum Gasteiger partial charge on any atom is -0.497 e. The minimum atomic E-state index is 0.119. The maximum atomic E-state index is 5.54. The van der Waals surface area contributed by atoms with E-state index in [1.165, 1.54) is 5.56 Å². The predicted octanol–water partition coefficient (Wildman–Crippen LogP) is 1.62. The van der Waals surface area contributed by atoms with Gasteiger partial charge in [0.15, 0.2) is 5.96 Å². The van der Waals surface area contributed by atoms with Gasteiger partial charge in [0, 0.05) is 45.3 Å². The van der Waals surface area contributed by atoms with E-state index in [0.29, 0.717) is 0 Å². The lowest BCUT2D eigenvalue weighted by Crippen LogP contribution is -2.48. The highest BCUT2D eigenvalue weighted by molar-refractivity contribution is 5.79. The van der Waals surface area contributed by atoms with Gasteiger partial charge in [0.2, 0.25) is 0 Å². The molecular formula is C21H37N5O2. The summed E-state index contributed by atoms with van der Waals surface area (Å²) >= 11 is 0. The molecular weight excluding hydrogens is 354 g/mol. The first-order valence-corrected chi connectivity index (χ1v) is 10.1. The number of hydrogen-bond acceptors (Lipinski definition) is 5. The lowest BCUT2D eigenvalue weighted by Gasteiger charge is -2.35. The fraction of sp³-hybridized carbons (Fsp3) is 0.667. The third kappa shape index (κ3) is 7.66. The van der Waals surface area contributed by atoms with Gasteiger partial charge >= 0.3 is 0 Å². The minimum absolute atomic E-state index is 0.119. The van der Waals surface area contributed by atoms with Gasteiger partial charge in [-0.3, -0.25) is 9.89 Å². The van der Waals surface area contributed by atoms with Crippen LogP contribution in [0.15, 0.2) is 29.3 Å². The van der Waals surface area contributed by atoms with Crippen LogP contribution in [0.4, 0.5) is 0 Å². The first kappa shape index (κ1) is 22.5. The Labute approximate surface area is 169 Å². The summed E-state index contributed by atoms with van der Waals surface area (Å²) in [5, 5.41) is 10.3. The van der Waals surface area contributed by atoms with Crippen molar-refractivity contribution < 1.29 is 9.47 Å². The summed E-state index contributed by atoms with van der Waals surface area (Å²) < 4.78 is 10.8. The predicted molar refractivity (Wildman–Crippen MR) is 115 cm³/mol. The van der Waals surface area contributed by atoms with Crippen LogP contribution in [0.1, 0.15) is 32.4 Å². The van der Waals surface area contributed by atoms with E-state index >= 15 is 0 Å². The highest BCUT2D eigenvalue weighted by Gasteiger charge is 2.23. The molecule has 2 rings (SSSR count). The fourth-order valence-electron chi connectivity index (χ4n) is 3.21. The lowest BCUT2D eigenvalue weighted by molar-refractivity contribution is 0.0170. The zero-order valence-electron chi connectivity index (χ0n) is 18.0. The van der Waals surface area contributed by atoms with Crippen LogP contribution in [-0.2, 0) is 4.74 Å². The summed E-state index contributed by atoms with van der Waals surface area (Å²) in [6.45, 7) is 12.4. The Balaban J connectivity index is 1.94. The molecule has 1 heterocycles. The van der Waals surface area contributed by atoms with Crippen LogP contribution < -0.4 is 20.7 Å². The summed E-state index contributed by atoms with van der Waals surface area (Å²) in [4.78, 5) is 6.83. The van der Waals surface area contributed by atoms with Crippen LogP contribution in [-0.4, -0.2) is 76.5 Å². The second kappa shape index (κ2) is 11.2. The van der Waals surface area contributed by atoms with Gasteiger partial charge in [0.05, 0.1) is 26.4 Å². The van der Waals surface area contributed by atoms with Crippen molar-refractivity contribution in [1.29, 1.82) is 0 Å². The third-order valence-corrected chi connectivity index (χ3v) is 4.75. The quantitative estimate of drug-likeness (QED) is 0.355. The van der Waals surface area contributed by atoms with Gasteiger partial charge in [-0.1, -0.05) is 12.1 Å². The third-order valence-electron chi connectivity index (χ3n) is 4.75. The maximum Gasteiger partial charge on any atom is 0.191 e. The van der Waals surface area contributed by atoms with Crippen molar-refractivity contribution in [2.75, 3.05) is 60.1 Å². The van der Waals surface area contributed by atoms with Crippen molar-refractivity contribution in [2.45, 2.75) is 32.4 Å². The summed E-state index contributed by atoms with van der Waals surface area (Å²) in [6, 6.07) is 8.58. The van der Waals surface area contributed by atoms with E-state index in [4.69, 9.17) is 9.47 Å². The molecule has 0 radical (unpaired) electrons. The molecule has 1 saturated heterocycles. The Morgan fingerprint density at radius 3 is 2.39 bits per heavy atom. The van der Waals surface area contributed by atoms with Gasteiger partial charge in [-0.25, -0.2) is 0 Å². The highest BCUT2D eigenvalue weighted by atomic mass is 16.5. The van der Waals surface area contributed by atoms with Crippen LogP contribution in [0.3, 0.4) is 0 Å². The molecule has 7 heteroatoms. The molecule has 28 heavy (non-hydrogen) atoms. The van der Waals surface area contributed by atoms with E-state index in [9.17, 15) is 0 Å². The molecule has 1 unspecified atom stereocenters. The summed E-state index contributed by atoms with van der Waals surface area (Å²) in [5.74, 6) is 1.70. The van der Waals surface area contributed by atoms with Crippen LogP contribution in [0, 0.1) is 0 Å². The van der Waals surface area contributed by atoms with E-state index in [-0.39, 0.29) is 11.6 Å². The molecule has 0 bridgehead atoms. The average molecular weight is 392 g/mol. The number of rotatable bonds is 8. The number of morpholine rings is 1. The second-order valence-corrected chi connectivity index (χ2v) is 7.99. The van der Waals surface area contributed by atoms with Crippen LogP contribution >= 0.6 is 0 Å². The van der Waals surface area contributed by atoms with Crippen molar-refractivity contribution in [3.05, 3.63) is 29.8 Å². The molecule has 158 valence electrons. The molecule has 7 nitrogen and oxygen atoms in total. The normalized spacial score (nSPS) is 17.2. The van der Waals surface area contributed by atoms with Gasteiger partial charge < -0.3 is 25.4 Å². The Bertz CT molecular complexity index is 592. The number of aliphatic imine (C=N–C) groups is 1. The summed E-state index contributed by atoms with van der Waals surface area (Å²) in [5.41, 5.74) is 1.38. The number of guanidine groups is 1. The molecule has 1 aliphatic heterocycles. The molecule has 0 aliphatic carbocycles. The van der Waals surface area contributed by atoms with Gasteiger partial charge in [-0.15, -0.1) is 0 Å². The average Bonchev–Trinajstić information content (AvgIpc) is 2.70. The van der Waals surface area contributed by atoms with E-state index < -0.39 is 0 Å². The van der Waals surface area contributed by atoms with E-state index in [1.807, 2.05) is 19.2 Å². The standard InChI is InChI=1S/C21H37N5O2/c1-21(2,3)25-11-10-23-20(22-4)24-16-19(26-12-14-28-15-13-26)17-6-8-18(27-5)9-7-17/h6-9,19,25H,10-16H2,1-5H3,(H2,22,23,24). The van der Waals surface area contributed by atoms with Gasteiger partial charge in [-0.05, 0) is 38.5 Å². The first-order valence-electron chi connectivity index (χ1n) is 10.1. The molecule has 0 spiro atoms. The summed E-state index contributed by atoms with van der Waals surface area (Å²) in [7, 11) is 3.50. The number of hydrogen-bond donors (Lipinski definition) is 3. The summed E-state index contributed by atoms with van der Waals surface area (Å²) in [6.07, 6.45) is 0. The fourth-order valence-corrected chi connectivity index (χ4v) is 3.21. The van der Waals surface area contributed by atoms with Crippen molar-refractivity contribution >= 4 is 5.96 Å². The molecule has 0 amide bonds. The van der Waals surface area contributed by atoms with Crippen molar-refractivity contribution in [3.63, 3.8) is 0 Å². The van der Waals surface area contributed by atoms with Gasteiger partial charge in [0.1, 0.15) is 5.75 Å².